The van der Waals surface area contributed by atoms with Gasteiger partial charge in [0.1, 0.15) is 11.6 Å². The Kier molecular flexibility index (Phi) is 4.75. The van der Waals surface area contributed by atoms with Crippen molar-refractivity contribution in [1.29, 1.82) is 0 Å². The summed E-state index contributed by atoms with van der Waals surface area (Å²) in [5, 5.41) is 20.1. The number of aromatic amines is 1. The first kappa shape index (κ1) is 16.2. The molecule has 0 atom stereocenters. The molecule has 0 radical (unpaired) electrons. The normalized spacial score (nSPS) is 11.1. The number of aromatic hydroxyl groups is 1. The Hall–Kier alpha value is -3.16. The van der Waals surface area contributed by atoms with Gasteiger partial charge in [-0.15, -0.1) is 0 Å². The third-order valence-electron chi connectivity index (χ3n) is 2.78. The smallest absolute Gasteiger partial charge is 0.395 e. The third-order valence-corrected chi connectivity index (χ3v) is 2.78. The van der Waals surface area contributed by atoms with Gasteiger partial charge in [-0.1, -0.05) is 18.2 Å². The molecule has 1 aromatic heterocycles. The molecule has 0 bridgehead atoms. The minimum absolute atomic E-state index is 0.00236. The molecule has 0 aliphatic heterocycles. The van der Waals surface area contributed by atoms with E-state index in [2.05, 4.69) is 9.97 Å². The molecule has 8 nitrogen and oxygen atoms in total. The Bertz CT molecular complexity index is 811. The van der Waals surface area contributed by atoms with Crippen LogP contribution in [0.2, 0.25) is 0 Å². The number of aromatic nitrogens is 2. The maximum atomic E-state index is 11.6. The summed E-state index contributed by atoms with van der Waals surface area (Å²) in [5.74, 6) is -0.283. The van der Waals surface area contributed by atoms with Crippen molar-refractivity contribution in [3.05, 3.63) is 56.1 Å². The van der Waals surface area contributed by atoms with E-state index in [1.54, 1.807) is 18.2 Å². The number of rotatable bonds is 5. The van der Waals surface area contributed by atoms with Gasteiger partial charge >= 0.3 is 11.2 Å². The molecule has 0 aliphatic rings. The number of nitrogens with zero attached hydrogens (tertiary/aromatic N) is 2. The van der Waals surface area contributed by atoms with Crippen molar-refractivity contribution in [2.75, 3.05) is 0 Å². The molecule has 2 rings (SSSR count). The molecule has 2 aromatic rings. The van der Waals surface area contributed by atoms with E-state index in [9.17, 15) is 20.0 Å². The number of nitrogens with one attached hydrogen (secondary N) is 1. The zero-order chi connectivity index (χ0) is 17.0. The Morgan fingerprint density at radius 1 is 1.35 bits per heavy atom. The van der Waals surface area contributed by atoms with Crippen molar-refractivity contribution >= 4 is 17.8 Å². The van der Waals surface area contributed by atoms with Gasteiger partial charge in [-0.2, -0.15) is 4.98 Å². The van der Waals surface area contributed by atoms with Crippen molar-refractivity contribution in [3.63, 3.8) is 0 Å². The predicted octanol–water partition coefficient (Wildman–Crippen LogP) is 2.34. The topological polar surface area (TPSA) is 118 Å². The molecule has 8 heteroatoms. The molecule has 0 spiro atoms. The average molecular weight is 317 g/mol. The van der Waals surface area contributed by atoms with Crippen molar-refractivity contribution in [3.8, 4) is 11.6 Å². The lowest BCUT2D eigenvalue weighted by molar-refractivity contribution is -0.387. The summed E-state index contributed by atoms with van der Waals surface area (Å²) in [6, 6.07) is 7.24. The van der Waals surface area contributed by atoms with Gasteiger partial charge in [0.25, 0.3) is 5.88 Å². The summed E-state index contributed by atoms with van der Waals surface area (Å²) in [5.41, 5.74) is -1.26. The molecule has 0 unspecified atom stereocenters. The van der Waals surface area contributed by atoms with Crippen LogP contribution >= 0.6 is 0 Å². The second-order valence-electron chi connectivity index (χ2n) is 4.92. The minimum Gasteiger partial charge on any atom is -0.490 e. The second-order valence-corrected chi connectivity index (χ2v) is 4.92. The molecule has 0 aliphatic carbocycles. The van der Waals surface area contributed by atoms with Gasteiger partial charge in [0.05, 0.1) is 11.0 Å². The van der Waals surface area contributed by atoms with Crippen molar-refractivity contribution in [2.24, 2.45) is 0 Å². The van der Waals surface area contributed by atoms with Crippen LogP contribution in [0.3, 0.4) is 0 Å². The van der Waals surface area contributed by atoms with Crippen LogP contribution in [0.5, 0.6) is 11.6 Å². The van der Waals surface area contributed by atoms with Crippen LogP contribution in [-0.2, 0) is 0 Å². The molecule has 1 aromatic carbocycles. The van der Waals surface area contributed by atoms with Crippen LogP contribution in [0.1, 0.15) is 25.2 Å². The molecule has 23 heavy (non-hydrogen) atoms. The number of para-hydroxylation sites is 1. The summed E-state index contributed by atoms with van der Waals surface area (Å²) in [6.07, 6.45) is 3.04. The molecule has 120 valence electrons. The lowest BCUT2D eigenvalue weighted by Crippen LogP contribution is -2.14. The van der Waals surface area contributed by atoms with Crippen LogP contribution < -0.4 is 10.3 Å². The highest BCUT2D eigenvalue weighted by molar-refractivity contribution is 5.70. The Morgan fingerprint density at radius 3 is 2.65 bits per heavy atom. The highest BCUT2D eigenvalue weighted by atomic mass is 16.6. The van der Waals surface area contributed by atoms with E-state index >= 15 is 0 Å². The Balaban J connectivity index is 2.35. The number of hydrogen-bond donors (Lipinski definition) is 2. The van der Waals surface area contributed by atoms with Gasteiger partial charge in [-0.25, -0.2) is 0 Å². The molecule has 2 N–H and O–H groups in total. The molecule has 0 saturated heterocycles. The average Bonchev–Trinajstić information content (AvgIpc) is 2.44. The maximum absolute atomic E-state index is 11.6. The second kappa shape index (κ2) is 6.73. The first-order valence-electron chi connectivity index (χ1n) is 6.80. The van der Waals surface area contributed by atoms with Gasteiger partial charge in [0.2, 0.25) is 0 Å². The van der Waals surface area contributed by atoms with Crippen LogP contribution in [0.4, 0.5) is 5.69 Å². The van der Waals surface area contributed by atoms with Crippen LogP contribution in [0, 0.1) is 10.1 Å². The highest BCUT2D eigenvalue weighted by Crippen LogP contribution is 2.22. The summed E-state index contributed by atoms with van der Waals surface area (Å²) < 4.78 is 5.65. The molecular weight excluding hydrogens is 302 g/mol. The van der Waals surface area contributed by atoms with E-state index in [1.807, 2.05) is 26.0 Å². The summed E-state index contributed by atoms with van der Waals surface area (Å²) in [6.45, 7) is 3.79. The number of H-pyrrole nitrogens is 1. The molecule has 0 saturated carbocycles. The van der Waals surface area contributed by atoms with Crippen LogP contribution in [-0.4, -0.2) is 26.1 Å². The Morgan fingerprint density at radius 2 is 2.04 bits per heavy atom. The highest BCUT2D eigenvalue weighted by Gasteiger charge is 2.21. The lowest BCUT2D eigenvalue weighted by atomic mass is 10.2. The standard InChI is InChI=1S/C15H15N3O5/c1-9(2)23-11-6-4-3-5-10(11)7-8-12-16-14(19)13(18(21)22)15(20)17-12/h3-9H,1-2H3,(H2,16,17,19,20). The van der Waals surface area contributed by atoms with Crippen LogP contribution in [0.25, 0.3) is 12.2 Å². The monoisotopic (exact) mass is 317 g/mol. The van der Waals surface area contributed by atoms with E-state index in [-0.39, 0.29) is 11.9 Å². The fourth-order valence-corrected chi connectivity index (χ4v) is 1.86. The van der Waals surface area contributed by atoms with Crippen LogP contribution in [0.15, 0.2) is 29.1 Å². The molecule has 1 heterocycles. The zero-order valence-corrected chi connectivity index (χ0v) is 12.5. The van der Waals surface area contributed by atoms with E-state index in [0.29, 0.717) is 5.75 Å². The first-order valence-corrected chi connectivity index (χ1v) is 6.80. The van der Waals surface area contributed by atoms with Gasteiger partial charge in [-0.3, -0.25) is 14.9 Å². The fourth-order valence-electron chi connectivity index (χ4n) is 1.86. The van der Waals surface area contributed by atoms with E-state index in [1.165, 1.54) is 6.08 Å². The maximum Gasteiger partial charge on any atom is 0.395 e. The number of ether oxygens (including phenoxy) is 1. The summed E-state index contributed by atoms with van der Waals surface area (Å²) in [7, 11) is 0. The molecule has 0 fully saturated rings. The minimum atomic E-state index is -1.02. The molecular formula is C15H15N3O5. The summed E-state index contributed by atoms with van der Waals surface area (Å²) in [4.78, 5) is 27.0. The number of hydrogen-bond acceptors (Lipinski definition) is 6. The summed E-state index contributed by atoms with van der Waals surface area (Å²) >= 11 is 0. The molecule has 0 amide bonds. The third kappa shape index (κ3) is 3.94. The van der Waals surface area contributed by atoms with Gasteiger partial charge in [0, 0.05) is 5.56 Å². The Labute approximate surface area is 131 Å². The van der Waals surface area contributed by atoms with Crippen molar-refractivity contribution < 1.29 is 14.8 Å². The van der Waals surface area contributed by atoms with Gasteiger partial charge in [0.15, 0.2) is 0 Å². The van der Waals surface area contributed by atoms with E-state index in [4.69, 9.17) is 4.74 Å². The number of nitro groups is 1. The largest absolute Gasteiger partial charge is 0.490 e. The van der Waals surface area contributed by atoms with E-state index in [0.717, 1.165) is 5.56 Å². The SMILES string of the molecule is CC(C)Oc1ccccc1C=Cc1nc(O)c([N+](=O)[O-])c(=O)[nH]1. The first-order chi connectivity index (χ1) is 10.9. The van der Waals surface area contributed by atoms with Crippen molar-refractivity contribution in [1.82, 2.24) is 9.97 Å². The quantitative estimate of drug-likeness (QED) is 0.645. The van der Waals surface area contributed by atoms with E-state index < -0.39 is 22.0 Å². The van der Waals surface area contributed by atoms with Gasteiger partial charge in [-0.05, 0) is 32.1 Å². The zero-order valence-electron chi connectivity index (χ0n) is 12.5. The fraction of sp³-hybridized carbons (Fsp3) is 0.200. The number of benzene rings is 1. The van der Waals surface area contributed by atoms with Gasteiger partial charge < -0.3 is 14.8 Å². The van der Waals surface area contributed by atoms with Crippen molar-refractivity contribution in [2.45, 2.75) is 20.0 Å². The predicted molar refractivity (Wildman–Crippen MR) is 84.3 cm³/mol. The lowest BCUT2D eigenvalue weighted by Gasteiger charge is -2.11.